The Kier molecular flexibility index (Phi) is 4.68. The second-order valence-electron chi connectivity index (χ2n) is 9.85. The van der Waals surface area contributed by atoms with Gasteiger partial charge in [-0.05, 0) is 87.2 Å². The number of aryl methyl sites for hydroxylation is 1. The number of likely N-dealkylation sites (tertiary alicyclic amines) is 1. The maximum atomic E-state index is 13.0. The first-order valence-corrected chi connectivity index (χ1v) is 11.2. The Balaban J connectivity index is 1.17. The molecule has 0 atom stereocenters. The van der Waals surface area contributed by atoms with E-state index in [1.807, 2.05) is 36.1 Å². The highest BCUT2D eigenvalue weighted by Crippen LogP contribution is 2.53. The fourth-order valence-electron chi connectivity index (χ4n) is 6.77. The summed E-state index contributed by atoms with van der Waals surface area (Å²) in [6.45, 7) is 3.36. The van der Waals surface area contributed by atoms with Crippen LogP contribution in [0, 0.1) is 36.5 Å². The van der Waals surface area contributed by atoms with Crippen LogP contribution < -0.4 is 5.32 Å². The summed E-state index contributed by atoms with van der Waals surface area (Å²) in [7, 11) is 0. The highest BCUT2D eigenvalue weighted by molar-refractivity contribution is 5.95. The van der Waals surface area contributed by atoms with Gasteiger partial charge >= 0.3 is 0 Å². The van der Waals surface area contributed by atoms with Crippen LogP contribution in [0.1, 0.15) is 60.9 Å². The molecule has 4 heteroatoms. The summed E-state index contributed by atoms with van der Waals surface area (Å²) in [5, 5.41) is 3.47. The van der Waals surface area contributed by atoms with Crippen molar-refractivity contribution in [3.05, 3.63) is 35.4 Å². The van der Waals surface area contributed by atoms with Gasteiger partial charge in [0, 0.05) is 30.6 Å². The number of rotatable bonds is 3. The van der Waals surface area contributed by atoms with Gasteiger partial charge in [-0.1, -0.05) is 18.2 Å². The lowest BCUT2D eigenvalue weighted by atomic mass is 9.54. The highest BCUT2D eigenvalue weighted by atomic mass is 16.2. The molecule has 0 spiro atoms. The molecule has 28 heavy (non-hydrogen) atoms. The number of hydrogen-bond acceptors (Lipinski definition) is 2. The molecule has 4 saturated carbocycles. The lowest BCUT2D eigenvalue weighted by Gasteiger charge is -2.54. The average molecular weight is 381 g/mol. The minimum Gasteiger partial charge on any atom is -0.353 e. The Labute approximate surface area is 168 Å². The Bertz CT molecular complexity index is 738. The number of hydrogen-bond donors (Lipinski definition) is 1. The summed E-state index contributed by atoms with van der Waals surface area (Å²) in [6, 6.07) is 8.20. The predicted octanol–water partition coefficient (Wildman–Crippen LogP) is 3.79. The van der Waals surface area contributed by atoms with Gasteiger partial charge in [-0.2, -0.15) is 0 Å². The van der Waals surface area contributed by atoms with Crippen LogP contribution in [0.3, 0.4) is 0 Å². The molecular formula is C24H32N2O2. The number of carbonyl (C=O) groups is 2. The minimum absolute atomic E-state index is 0.0677. The van der Waals surface area contributed by atoms with Crippen molar-refractivity contribution >= 4 is 11.8 Å². The first kappa shape index (κ1) is 18.2. The Morgan fingerprint density at radius 3 is 2.14 bits per heavy atom. The van der Waals surface area contributed by atoms with Crippen LogP contribution in [0.4, 0.5) is 0 Å². The molecule has 0 unspecified atom stereocenters. The molecule has 5 fully saturated rings. The first-order valence-electron chi connectivity index (χ1n) is 11.2. The molecule has 6 rings (SSSR count). The zero-order valence-corrected chi connectivity index (χ0v) is 16.9. The van der Waals surface area contributed by atoms with Gasteiger partial charge in [0.2, 0.25) is 5.91 Å². The van der Waals surface area contributed by atoms with Gasteiger partial charge in [0.15, 0.2) is 0 Å². The predicted molar refractivity (Wildman–Crippen MR) is 109 cm³/mol. The number of carbonyl (C=O) groups excluding carboxylic acids is 2. The molecule has 2 amide bonds. The van der Waals surface area contributed by atoms with Crippen molar-refractivity contribution in [2.24, 2.45) is 29.6 Å². The quantitative estimate of drug-likeness (QED) is 0.867. The van der Waals surface area contributed by atoms with Gasteiger partial charge < -0.3 is 10.2 Å². The van der Waals surface area contributed by atoms with Crippen LogP contribution in [0.5, 0.6) is 0 Å². The SMILES string of the molecule is Cc1ccccc1C(=O)N1CCC(C(=O)NC2C3CC4CC(C3)CC2C4)CC1. The lowest BCUT2D eigenvalue weighted by molar-refractivity contribution is -0.130. The molecule has 0 aromatic heterocycles. The molecule has 1 aromatic rings. The third-order valence-corrected chi connectivity index (χ3v) is 8.06. The molecule has 1 N–H and O–H groups in total. The molecule has 1 saturated heterocycles. The van der Waals surface area contributed by atoms with Crippen LogP contribution in [0.25, 0.3) is 0 Å². The van der Waals surface area contributed by atoms with E-state index in [-0.39, 0.29) is 17.7 Å². The first-order chi connectivity index (χ1) is 13.6. The third kappa shape index (κ3) is 3.25. The van der Waals surface area contributed by atoms with Gasteiger partial charge in [-0.15, -0.1) is 0 Å². The minimum atomic E-state index is 0.0677. The summed E-state index contributed by atoms with van der Waals surface area (Å²) >= 11 is 0. The van der Waals surface area contributed by atoms with Crippen molar-refractivity contribution in [1.82, 2.24) is 10.2 Å². The highest BCUT2D eigenvalue weighted by Gasteiger charge is 2.49. The van der Waals surface area contributed by atoms with E-state index in [1.54, 1.807) is 0 Å². The van der Waals surface area contributed by atoms with Gasteiger partial charge in [-0.3, -0.25) is 9.59 Å². The monoisotopic (exact) mass is 380 g/mol. The Morgan fingerprint density at radius 1 is 0.929 bits per heavy atom. The maximum Gasteiger partial charge on any atom is 0.254 e. The number of amides is 2. The molecule has 150 valence electrons. The number of benzene rings is 1. The van der Waals surface area contributed by atoms with E-state index >= 15 is 0 Å². The fourth-order valence-corrected chi connectivity index (χ4v) is 6.77. The maximum absolute atomic E-state index is 13.0. The number of nitrogens with zero attached hydrogens (tertiary/aromatic N) is 1. The number of piperidine rings is 1. The van der Waals surface area contributed by atoms with Gasteiger partial charge in [0.25, 0.3) is 5.91 Å². The van der Waals surface area contributed by atoms with E-state index in [0.29, 0.717) is 19.1 Å². The van der Waals surface area contributed by atoms with Crippen LogP contribution >= 0.6 is 0 Å². The van der Waals surface area contributed by atoms with Crippen molar-refractivity contribution in [2.45, 2.75) is 57.9 Å². The van der Waals surface area contributed by atoms with Crippen LogP contribution in [-0.2, 0) is 4.79 Å². The normalized spacial score (nSPS) is 34.5. The second kappa shape index (κ2) is 7.20. The van der Waals surface area contributed by atoms with Gasteiger partial charge in [0.05, 0.1) is 0 Å². The third-order valence-electron chi connectivity index (χ3n) is 8.06. The molecule has 1 aromatic carbocycles. The van der Waals surface area contributed by atoms with Crippen LogP contribution in [-0.4, -0.2) is 35.8 Å². The number of nitrogens with one attached hydrogen (secondary N) is 1. The van der Waals surface area contributed by atoms with E-state index in [2.05, 4.69) is 5.32 Å². The van der Waals surface area contributed by atoms with E-state index < -0.39 is 0 Å². The Morgan fingerprint density at radius 2 is 1.54 bits per heavy atom. The topological polar surface area (TPSA) is 49.4 Å². The van der Waals surface area contributed by atoms with E-state index in [1.165, 1.54) is 32.1 Å². The van der Waals surface area contributed by atoms with Crippen molar-refractivity contribution in [1.29, 1.82) is 0 Å². The molecule has 5 aliphatic rings. The van der Waals surface area contributed by atoms with Crippen molar-refractivity contribution < 1.29 is 9.59 Å². The summed E-state index contributed by atoms with van der Waals surface area (Å²) in [4.78, 5) is 27.7. The zero-order valence-electron chi connectivity index (χ0n) is 16.9. The smallest absolute Gasteiger partial charge is 0.254 e. The fraction of sp³-hybridized carbons (Fsp3) is 0.667. The lowest BCUT2D eigenvalue weighted by Crippen LogP contribution is -2.57. The van der Waals surface area contributed by atoms with Crippen molar-refractivity contribution in [3.63, 3.8) is 0 Å². The van der Waals surface area contributed by atoms with Gasteiger partial charge in [-0.25, -0.2) is 0 Å². The molecular weight excluding hydrogens is 348 g/mol. The van der Waals surface area contributed by atoms with E-state index in [0.717, 1.165) is 47.6 Å². The van der Waals surface area contributed by atoms with Crippen LogP contribution in [0.2, 0.25) is 0 Å². The molecule has 1 aliphatic heterocycles. The summed E-state index contributed by atoms with van der Waals surface area (Å²) in [5.41, 5.74) is 1.81. The van der Waals surface area contributed by atoms with Crippen molar-refractivity contribution in [3.8, 4) is 0 Å². The van der Waals surface area contributed by atoms with E-state index in [9.17, 15) is 9.59 Å². The second-order valence-corrected chi connectivity index (χ2v) is 9.85. The molecule has 4 bridgehead atoms. The summed E-state index contributed by atoms with van der Waals surface area (Å²) < 4.78 is 0. The molecule has 4 nitrogen and oxygen atoms in total. The van der Waals surface area contributed by atoms with E-state index in [4.69, 9.17) is 0 Å². The van der Waals surface area contributed by atoms with Crippen molar-refractivity contribution in [2.75, 3.05) is 13.1 Å². The molecule has 1 heterocycles. The largest absolute Gasteiger partial charge is 0.353 e. The summed E-state index contributed by atoms with van der Waals surface area (Å²) in [5.74, 6) is 3.75. The Hall–Kier alpha value is -1.84. The average Bonchev–Trinajstić information content (AvgIpc) is 2.70. The molecule has 0 radical (unpaired) electrons. The summed E-state index contributed by atoms with van der Waals surface area (Å²) in [6.07, 6.45) is 8.36. The standard InChI is InChI=1S/C24H32N2O2/c1-15-4-2-3-5-21(15)24(28)26-8-6-18(7-9-26)23(27)25-22-19-11-16-10-17(13-19)14-20(22)12-16/h2-5,16-20,22H,6-14H2,1H3,(H,25,27). The molecule has 4 aliphatic carbocycles. The van der Waals surface area contributed by atoms with Gasteiger partial charge in [0.1, 0.15) is 0 Å². The zero-order chi connectivity index (χ0) is 19.3. The van der Waals surface area contributed by atoms with Crippen LogP contribution in [0.15, 0.2) is 24.3 Å².